The van der Waals surface area contributed by atoms with Crippen molar-refractivity contribution in [2.24, 2.45) is 10.7 Å². The van der Waals surface area contributed by atoms with Gasteiger partial charge < -0.3 is 15.6 Å². The number of hydrogen-bond donors (Lipinski definition) is 2. The lowest BCUT2D eigenvalue weighted by Gasteiger charge is -2.15. The molecule has 3 aromatic rings. The molecule has 0 spiro atoms. The van der Waals surface area contributed by atoms with Crippen LogP contribution in [0.3, 0.4) is 0 Å². The Morgan fingerprint density at radius 3 is 2.68 bits per heavy atom. The maximum Gasteiger partial charge on any atom is 0.220 e. The fourth-order valence-corrected chi connectivity index (χ4v) is 3.60. The molecule has 1 aliphatic rings. The van der Waals surface area contributed by atoms with Gasteiger partial charge in [0.05, 0.1) is 29.0 Å². The summed E-state index contributed by atoms with van der Waals surface area (Å²) in [6, 6.07) is 8.68. The first-order valence-corrected chi connectivity index (χ1v) is 9.13. The van der Waals surface area contributed by atoms with Crippen LogP contribution in [0, 0.1) is 6.92 Å². The molecule has 7 nitrogen and oxygen atoms in total. The Balaban J connectivity index is 2.06. The van der Waals surface area contributed by atoms with Crippen molar-refractivity contribution in [3.63, 3.8) is 0 Å². The molecule has 8 heteroatoms. The van der Waals surface area contributed by atoms with Gasteiger partial charge in [-0.2, -0.15) is 0 Å². The number of carbonyl (C=O) groups excluding carboxylic acids is 1. The van der Waals surface area contributed by atoms with Crippen LogP contribution in [0.4, 0.5) is 5.82 Å². The Bertz CT molecular complexity index is 1090. The van der Waals surface area contributed by atoms with Crippen molar-refractivity contribution in [3.8, 4) is 11.1 Å². The van der Waals surface area contributed by atoms with E-state index in [0.717, 1.165) is 22.3 Å². The minimum atomic E-state index is -0.587. The zero-order valence-corrected chi connectivity index (χ0v) is 16.1. The van der Waals surface area contributed by atoms with Gasteiger partial charge in [0.15, 0.2) is 5.76 Å². The van der Waals surface area contributed by atoms with Crippen LogP contribution in [0.15, 0.2) is 46.0 Å². The first-order valence-electron chi connectivity index (χ1n) is 8.75. The third-order valence-corrected chi connectivity index (χ3v) is 4.93. The number of nitrogens with two attached hydrogens (primary N) is 1. The zero-order valence-electron chi connectivity index (χ0n) is 15.4. The van der Waals surface area contributed by atoms with Crippen LogP contribution >= 0.6 is 11.6 Å². The van der Waals surface area contributed by atoms with E-state index < -0.39 is 11.9 Å². The van der Waals surface area contributed by atoms with Crippen molar-refractivity contribution in [2.45, 2.75) is 19.4 Å². The Morgan fingerprint density at radius 2 is 2.00 bits per heavy atom. The topological polar surface area (TPSA) is 106 Å². The summed E-state index contributed by atoms with van der Waals surface area (Å²) in [7, 11) is 1.80. The Kier molecular flexibility index (Phi) is 4.60. The Labute approximate surface area is 166 Å². The number of rotatable bonds is 4. The molecule has 1 atom stereocenters. The highest BCUT2D eigenvalue weighted by Gasteiger charge is 2.32. The maximum atomic E-state index is 11.7. The van der Waals surface area contributed by atoms with Crippen molar-refractivity contribution >= 4 is 29.0 Å². The van der Waals surface area contributed by atoms with Crippen LogP contribution in [-0.4, -0.2) is 28.8 Å². The van der Waals surface area contributed by atoms with Crippen LogP contribution < -0.4 is 11.1 Å². The van der Waals surface area contributed by atoms with Crippen molar-refractivity contribution in [2.75, 3.05) is 12.4 Å². The molecule has 3 N–H and O–H groups in total. The largest absolute Gasteiger partial charge is 0.373 e. The van der Waals surface area contributed by atoms with Crippen molar-refractivity contribution < 1.29 is 9.32 Å². The summed E-state index contributed by atoms with van der Waals surface area (Å²) < 4.78 is 5.59. The second-order valence-corrected chi connectivity index (χ2v) is 6.95. The minimum Gasteiger partial charge on any atom is -0.373 e. The van der Waals surface area contributed by atoms with Gasteiger partial charge in [-0.15, -0.1) is 0 Å². The molecular weight excluding hydrogens is 378 g/mol. The summed E-state index contributed by atoms with van der Waals surface area (Å²) in [6.45, 7) is 1.86. The summed E-state index contributed by atoms with van der Waals surface area (Å²) >= 11 is 6.07. The van der Waals surface area contributed by atoms with E-state index >= 15 is 0 Å². The van der Waals surface area contributed by atoms with E-state index in [9.17, 15) is 4.79 Å². The molecule has 0 fully saturated rings. The number of halogens is 1. The number of primary amides is 1. The first-order chi connectivity index (χ1) is 13.5. The molecule has 0 aliphatic carbocycles. The summed E-state index contributed by atoms with van der Waals surface area (Å²) in [5.41, 5.74) is 10.2. The van der Waals surface area contributed by atoms with E-state index in [1.54, 1.807) is 25.4 Å². The van der Waals surface area contributed by atoms with E-state index in [1.807, 2.05) is 25.1 Å². The summed E-state index contributed by atoms with van der Waals surface area (Å²) in [5.74, 6) is 0.717. The number of hydrogen-bond acceptors (Lipinski definition) is 6. The fraction of sp³-hybridized carbons (Fsp3) is 0.200. The van der Waals surface area contributed by atoms with Gasteiger partial charge in [0.25, 0.3) is 0 Å². The molecule has 0 radical (unpaired) electrons. The average Bonchev–Trinajstić information content (AvgIpc) is 3.00. The molecule has 0 unspecified atom stereocenters. The number of benzene rings is 1. The normalized spacial score (nSPS) is 15.2. The van der Waals surface area contributed by atoms with Crippen LogP contribution in [-0.2, 0) is 4.79 Å². The molecule has 0 saturated heterocycles. The number of amides is 1. The molecule has 4 rings (SSSR count). The molecule has 142 valence electrons. The number of nitrogens with zero attached hydrogens (tertiary/aromatic N) is 3. The van der Waals surface area contributed by atoms with Gasteiger partial charge in [-0.1, -0.05) is 28.9 Å². The zero-order chi connectivity index (χ0) is 19.8. The summed E-state index contributed by atoms with van der Waals surface area (Å²) in [6.07, 6.45) is 1.73. The number of nitrogens with one attached hydrogen (secondary N) is 1. The Hall–Kier alpha value is -3.19. The van der Waals surface area contributed by atoms with E-state index in [2.05, 4.69) is 15.5 Å². The molecule has 2 aromatic heterocycles. The minimum absolute atomic E-state index is 0.00896. The SMILES string of the molecule is CNc1nccc2c1C(c1ccc(Cl)cc1)=N[C@@H](CC(N)=O)c1onc(C)c1-2. The average molecular weight is 396 g/mol. The second-order valence-electron chi connectivity index (χ2n) is 6.51. The molecule has 28 heavy (non-hydrogen) atoms. The van der Waals surface area contributed by atoms with Gasteiger partial charge in [-0.25, -0.2) is 4.98 Å². The van der Waals surface area contributed by atoms with Gasteiger partial charge in [0.2, 0.25) is 5.91 Å². The standard InChI is InChI=1S/C20H18ClN5O2/c1-10-16-13-7-8-24-20(23-2)17(13)18(11-3-5-12(21)6-4-11)25-14(9-15(22)27)19(16)28-26-10/h3-8,14H,9H2,1-2H3,(H2,22,27)(H,23,24)/t14-/m0/s1. The van der Waals surface area contributed by atoms with Crippen LogP contribution in [0.2, 0.25) is 5.02 Å². The third kappa shape index (κ3) is 3.03. The molecule has 1 amide bonds. The number of aromatic nitrogens is 2. The van der Waals surface area contributed by atoms with E-state index in [1.165, 1.54) is 0 Å². The monoisotopic (exact) mass is 395 g/mol. The number of anilines is 1. The fourth-order valence-electron chi connectivity index (χ4n) is 3.48. The molecule has 0 saturated carbocycles. The number of carbonyl (C=O) groups is 1. The lowest BCUT2D eigenvalue weighted by molar-refractivity contribution is -0.118. The van der Waals surface area contributed by atoms with Gasteiger partial charge in [0.1, 0.15) is 11.9 Å². The van der Waals surface area contributed by atoms with Crippen LogP contribution in [0.5, 0.6) is 0 Å². The van der Waals surface area contributed by atoms with Gasteiger partial charge in [0, 0.05) is 29.4 Å². The summed E-state index contributed by atoms with van der Waals surface area (Å²) in [5, 5.41) is 7.86. The molecular formula is C20H18ClN5O2. The predicted octanol–water partition coefficient (Wildman–Crippen LogP) is 3.51. The van der Waals surface area contributed by atoms with Crippen molar-refractivity contribution in [3.05, 3.63) is 64.1 Å². The molecule has 0 bridgehead atoms. The highest BCUT2D eigenvalue weighted by molar-refractivity contribution is 6.30. The first kappa shape index (κ1) is 18.2. The van der Waals surface area contributed by atoms with E-state index in [0.29, 0.717) is 28.0 Å². The van der Waals surface area contributed by atoms with E-state index in [4.69, 9.17) is 26.9 Å². The van der Waals surface area contributed by atoms with Crippen molar-refractivity contribution in [1.29, 1.82) is 0 Å². The second kappa shape index (κ2) is 7.09. The molecule has 1 aliphatic heterocycles. The highest BCUT2D eigenvalue weighted by atomic mass is 35.5. The van der Waals surface area contributed by atoms with E-state index in [-0.39, 0.29) is 6.42 Å². The smallest absolute Gasteiger partial charge is 0.220 e. The van der Waals surface area contributed by atoms with Gasteiger partial charge >= 0.3 is 0 Å². The van der Waals surface area contributed by atoms with Crippen LogP contribution in [0.1, 0.15) is 35.0 Å². The third-order valence-electron chi connectivity index (χ3n) is 4.68. The molecule has 1 aromatic carbocycles. The lowest BCUT2D eigenvalue weighted by atomic mass is 9.93. The highest BCUT2D eigenvalue weighted by Crippen LogP contribution is 2.42. The maximum absolute atomic E-state index is 11.7. The lowest BCUT2D eigenvalue weighted by Crippen LogP contribution is -2.15. The number of fused-ring (bicyclic) bond motifs is 3. The number of aryl methyl sites for hydroxylation is 1. The van der Waals surface area contributed by atoms with Crippen LogP contribution in [0.25, 0.3) is 11.1 Å². The molecule has 3 heterocycles. The Morgan fingerprint density at radius 1 is 1.25 bits per heavy atom. The van der Waals surface area contributed by atoms with Gasteiger partial charge in [-0.05, 0) is 25.1 Å². The summed E-state index contributed by atoms with van der Waals surface area (Å²) in [4.78, 5) is 21.1. The van der Waals surface area contributed by atoms with Crippen molar-refractivity contribution in [1.82, 2.24) is 10.1 Å². The quantitative estimate of drug-likeness (QED) is 0.703. The number of aliphatic imine (C=N–C) groups is 1. The number of pyridine rings is 1. The predicted molar refractivity (Wildman–Crippen MR) is 108 cm³/mol. The van der Waals surface area contributed by atoms with Gasteiger partial charge in [-0.3, -0.25) is 9.79 Å².